The molecule has 1 aromatic carbocycles. The second-order valence-electron chi connectivity index (χ2n) is 5.82. The topological polar surface area (TPSA) is 32.3 Å². The summed E-state index contributed by atoms with van der Waals surface area (Å²) in [5.41, 5.74) is 3.19. The van der Waals surface area contributed by atoms with Crippen LogP contribution in [0.25, 0.3) is 0 Å². The third kappa shape index (κ3) is 2.50. The zero-order chi connectivity index (χ0) is 12.6. The van der Waals surface area contributed by atoms with Crippen LogP contribution < -0.4 is 5.32 Å². The average Bonchev–Trinajstić information content (AvgIpc) is 2.58. The van der Waals surface area contributed by atoms with Gasteiger partial charge in [-0.25, -0.2) is 0 Å². The molecule has 0 aromatic heterocycles. The summed E-state index contributed by atoms with van der Waals surface area (Å²) in [6.07, 6.45) is 0. The summed E-state index contributed by atoms with van der Waals surface area (Å²) in [6, 6.07) is 6.13. The van der Waals surface area contributed by atoms with Crippen molar-refractivity contribution in [3.8, 4) is 0 Å². The largest absolute Gasteiger partial charge is 0.325 e. The molecule has 0 aliphatic carbocycles. The first-order valence-electron chi connectivity index (χ1n) is 5.98. The predicted octanol–water partition coefficient (Wildman–Crippen LogP) is 2.62. The van der Waals surface area contributed by atoms with Crippen LogP contribution in [0, 0.1) is 5.41 Å². The molecule has 3 nitrogen and oxygen atoms in total. The van der Waals surface area contributed by atoms with Crippen molar-refractivity contribution >= 4 is 11.6 Å². The molecular weight excluding hydrogens is 212 g/mol. The van der Waals surface area contributed by atoms with Gasteiger partial charge in [-0.1, -0.05) is 32.9 Å². The Labute approximate surface area is 103 Å². The second-order valence-corrected chi connectivity index (χ2v) is 5.82. The lowest BCUT2D eigenvalue weighted by atomic mass is 9.95. The van der Waals surface area contributed by atoms with Crippen LogP contribution in [0.4, 0.5) is 5.69 Å². The van der Waals surface area contributed by atoms with Gasteiger partial charge in [0.2, 0.25) is 5.91 Å². The zero-order valence-electron chi connectivity index (χ0n) is 11.0. The quantitative estimate of drug-likeness (QED) is 0.807. The van der Waals surface area contributed by atoms with Crippen LogP contribution in [-0.4, -0.2) is 17.9 Å². The van der Waals surface area contributed by atoms with E-state index >= 15 is 0 Å². The summed E-state index contributed by atoms with van der Waals surface area (Å²) in [5, 5.41) is 3.04. The molecule has 1 aliphatic rings. The van der Waals surface area contributed by atoms with Crippen molar-refractivity contribution in [3.05, 3.63) is 29.3 Å². The first kappa shape index (κ1) is 12.1. The average molecular weight is 232 g/mol. The maximum absolute atomic E-state index is 12.0. The SMILES string of the molecule is CN1Cc2cccc(NC(=O)C(C)(C)C)c2C1. The van der Waals surface area contributed by atoms with Crippen molar-refractivity contribution in [1.82, 2.24) is 4.90 Å². The van der Waals surface area contributed by atoms with Crippen molar-refractivity contribution in [2.24, 2.45) is 5.41 Å². The maximum Gasteiger partial charge on any atom is 0.229 e. The van der Waals surface area contributed by atoms with E-state index in [9.17, 15) is 4.79 Å². The van der Waals surface area contributed by atoms with Gasteiger partial charge in [0, 0.05) is 24.2 Å². The summed E-state index contributed by atoms with van der Waals surface area (Å²) in [6.45, 7) is 7.66. The van der Waals surface area contributed by atoms with E-state index in [4.69, 9.17) is 0 Å². The Morgan fingerprint density at radius 2 is 2.00 bits per heavy atom. The second kappa shape index (κ2) is 4.15. The van der Waals surface area contributed by atoms with Crippen LogP contribution in [0.3, 0.4) is 0 Å². The van der Waals surface area contributed by atoms with Gasteiger partial charge in [0.15, 0.2) is 0 Å². The van der Waals surface area contributed by atoms with Crippen molar-refractivity contribution in [3.63, 3.8) is 0 Å². The summed E-state index contributed by atoms with van der Waals surface area (Å²) in [5.74, 6) is 0.0699. The highest BCUT2D eigenvalue weighted by atomic mass is 16.2. The van der Waals surface area contributed by atoms with Gasteiger partial charge in [-0.3, -0.25) is 9.69 Å². The summed E-state index contributed by atoms with van der Waals surface area (Å²) < 4.78 is 0. The van der Waals surface area contributed by atoms with E-state index < -0.39 is 0 Å². The van der Waals surface area contributed by atoms with Gasteiger partial charge in [0.25, 0.3) is 0 Å². The highest BCUT2D eigenvalue weighted by Crippen LogP contribution is 2.29. The summed E-state index contributed by atoms with van der Waals surface area (Å²) in [4.78, 5) is 14.2. The number of amides is 1. The van der Waals surface area contributed by atoms with E-state index in [-0.39, 0.29) is 11.3 Å². The van der Waals surface area contributed by atoms with E-state index in [1.807, 2.05) is 32.9 Å². The molecule has 0 spiro atoms. The molecule has 2 rings (SSSR count). The highest BCUT2D eigenvalue weighted by Gasteiger charge is 2.24. The van der Waals surface area contributed by atoms with Gasteiger partial charge in [-0.05, 0) is 24.2 Å². The zero-order valence-corrected chi connectivity index (χ0v) is 11.0. The number of carbonyl (C=O) groups excluding carboxylic acids is 1. The smallest absolute Gasteiger partial charge is 0.229 e. The molecular formula is C14H20N2O. The molecule has 0 fully saturated rings. The van der Waals surface area contributed by atoms with Gasteiger partial charge in [-0.15, -0.1) is 0 Å². The van der Waals surface area contributed by atoms with Gasteiger partial charge < -0.3 is 5.32 Å². The van der Waals surface area contributed by atoms with Crippen molar-refractivity contribution in [1.29, 1.82) is 0 Å². The molecule has 0 atom stereocenters. The minimum absolute atomic E-state index is 0.0699. The Kier molecular flexibility index (Phi) is 2.96. The van der Waals surface area contributed by atoms with Crippen molar-refractivity contribution in [2.75, 3.05) is 12.4 Å². The van der Waals surface area contributed by atoms with Crippen LogP contribution in [0.15, 0.2) is 18.2 Å². The lowest BCUT2D eigenvalue weighted by molar-refractivity contribution is -0.123. The van der Waals surface area contributed by atoms with E-state index in [0.29, 0.717) is 0 Å². The first-order valence-corrected chi connectivity index (χ1v) is 5.98. The predicted molar refractivity (Wildman–Crippen MR) is 69.7 cm³/mol. The fourth-order valence-corrected chi connectivity index (χ4v) is 2.01. The molecule has 3 heteroatoms. The fraction of sp³-hybridized carbons (Fsp3) is 0.500. The van der Waals surface area contributed by atoms with Crippen molar-refractivity contribution < 1.29 is 4.79 Å². The molecule has 17 heavy (non-hydrogen) atoms. The van der Waals surface area contributed by atoms with Gasteiger partial charge in [-0.2, -0.15) is 0 Å². The molecule has 1 aromatic rings. The summed E-state index contributed by atoms with van der Waals surface area (Å²) in [7, 11) is 2.09. The molecule has 1 heterocycles. The normalized spacial score (nSPS) is 15.8. The minimum atomic E-state index is -0.354. The molecule has 92 valence electrons. The van der Waals surface area contributed by atoms with Crippen molar-refractivity contribution in [2.45, 2.75) is 33.9 Å². The Hall–Kier alpha value is -1.35. The molecule has 0 saturated heterocycles. The van der Waals surface area contributed by atoms with E-state index in [1.54, 1.807) is 0 Å². The van der Waals surface area contributed by atoms with Crippen LogP contribution in [0.1, 0.15) is 31.9 Å². The molecule has 0 unspecified atom stereocenters. The van der Waals surface area contributed by atoms with Gasteiger partial charge >= 0.3 is 0 Å². The lowest BCUT2D eigenvalue weighted by Gasteiger charge is -2.19. The van der Waals surface area contributed by atoms with E-state index in [2.05, 4.69) is 23.3 Å². The molecule has 0 radical (unpaired) electrons. The van der Waals surface area contributed by atoms with Crippen LogP contribution in [0.5, 0.6) is 0 Å². The third-order valence-corrected chi connectivity index (χ3v) is 3.07. The fourth-order valence-electron chi connectivity index (χ4n) is 2.01. The Morgan fingerprint density at radius 1 is 1.29 bits per heavy atom. The van der Waals surface area contributed by atoms with Gasteiger partial charge in [0.1, 0.15) is 0 Å². The summed E-state index contributed by atoms with van der Waals surface area (Å²) >= 11 is 0. The van der Waals surface area contributed by atoms with E-state index in [0.717, 1.165) is 18.8 Å². The number of nitrogens with zero attached hydrogens (tertiary/aromatic N) is 1. The van der Waals surface area contributed by atoms with E-state index in [1.165, 1.54) is 11.1 Å². The molecule has 1 N–H and O–H groups in total. The minimum Gasteiger partial charge on any atom is -0.325 e. The molecule has 0 bridgehead atoms. The Morgan fingerprint density at radius 3 is 2.65 bits per heavy atom. The van der Waals surface area contributed by atoms with Crippen LogP contribution in [-0.2, 0) is 17.9 Å². The number of hydrogen-bond donors (Lipinski definition) is 1. The van der Waals surface area contributed by atoms with Crippen LogP contribution in [0.2, 0.25) is 0 Å². The standard InChI is InChI=1S/C14H20N2O/c1-14(2,3)13(17)15-12-7-5-6-10-8-16(4)9-11(10)12/h5-7H,8-9H2,1-4H3,(H,15,17). The maximum atomic E-state index is 12.0. The van der Waals surface area contributed by atoms with Gasteiger partial charge in [0.05, 0.1) is 0 Å². The molecule has 1 amide bonds. The monoisotopic (exact) mass is 232 g/mol. The third-order valence-electron chi connectivity index (χ3n) is 3.07. The lowest BCUT2D eigenvalue weighted by Crippen LogP contribution is -2.28. The first-order chi connectivity index (χ1) is 7.88. The number of benzene rings is 1. The van der Waals surface area contributed by atoms with Crippen LogP contribution >= 0.6 is 0 Å². The number of nitrogens with one attached hydrogen (secondary N) is 1. The Bertz CT molecular complexity index is 446. The molecule has 0 saturated carbocycles. The number of hydrogen-bond acceptors (Lipinski definition) is 2. The highest BCUT2D eigenvalue weighted by molar-refractivity contribution is 5.95. The number of rotatable bonds is 1. The number of anilines is 1. The molecule has 1 aliphatic heterocycles. The number of fused-ring (bicyclic) bond motifs is 1. The Balaban J connectivity index is 2.24. The number of carbonyl (C=O) groups is 1.